The first-order valence-corrected chi connectivity index (χ1v) is 8.72. The van der Waals surface area contributed by atoms with Gasteiger partial charge in [-0.2, -0.15) is 13.2 Å². The van der Waals surface area contributed by atoms with Crippen LogP contribution in [0, 0.1) is 16.0 Å². The van der Waals surface area contributed by atoms with Crippen LogP contribution in [0.3, 0.4) is 0 Å². The van der Waals surface area contributed by atoms with E-state index in [1.54, 1.807) is 6.07 Å². The van der Waals surface area contributed by atoms with Crippen molar-refractivity contribution >= 4 is 23.0 Å². The van der Waals surface area contributed by atoms with Gasteiger partial charge in [0.25, 0.3) is 5.69 Å². The number of anilines is 1. The van der Waals surface area contributed by atoms with Crippen LogP contribution in [-0.4, -0.2) is 4.92 Å². The van der Waals surface area contributed by atoms with Crippen molar-refractivity contribution < 1.29 is 18.1 Å². The summed E-state index contributed by atoms with van der Waals surface area (Å²) in [4.78, 5) is 10.6. The molecule has 0 unspecified atom stereocenters. The van der Waals surface area contributed by atoms with E-state index in [4.69, 9.17) is 11.6 Å². The van der Waals surface area contributed by atoms with E-state index in [2.05, 4.69) is 5.32 Å². The van der Waals surface area contributed by atoms with Gasteiger partial charge in [-0.15, -0.1) is 0 Å². The molecule has 1 aliphatic carbocycles. The Labute approximate surface area is 157 Å². The number of hydrogen-bond donors (Lipinski definition) is 1. The summed E-state index contributed by atoms with van der Waals surface area (Å²) >= 11 is 6.25. The fourth-order valence-electron chi connectivity index (χ4n) is 4.08. The first kappa shape index (κ1) is 17.9. The van der Waals surface area contributed by atoms with E-state index in [1.165, 1.54) is 24.3 Å². The van der Waals surface area contributed by atoms with Crippen molar-refractivity contribution in [2.45, 2.75) is 24.6 Å². The van der Waals surface area contributed by atoms with Gasteiger partial charge in [-0.25, -0.2) is 0 Å². The van der Waals surface area contributed by atoms with Gasteiger partial charge < -0.3 is 5.32 Å². The lowest BCUT2D eigenvalue weighted by Crippen LogP contribution is -2.31. The Morgan fingerprint density at radius 3 is 2.63 bits per heavy atom. The van der Waals surface area contributed by atoms with Crippen molar-refractivity contribution in [1.29, 1.82) is 0 Å². The number of allylic oxidation sites excluding steroid dienone is 2. The lowest BCUT2D eigenvalue weighted by molar-refractivity contribution is -0.384. The van der Waals surface area contributed by atoms with Crippen LogP contribution in [0.2, 0.25) is 5.02 Å². The zero-order valence-corrected chi connectivity index (χ0v) is 14.6. The summed E-state index contributed by atoms with van der Waals surface area (Å²) in [5.74, 6) is -0.413. The van der Waals surface area contributed by atoms with E-state index in [-0.39, 0.29) is 28.1 Å². The number of nitrogens with one attached hydrogen (secondary N) is 1. The van der Waals surface area contributed by atoms with Crippen LogP contribution in [0.1, 0.15) is 35.1 Å². The second-order valence-electron chi connectivity index (χ2n) is 6.71. The molecule has 0 bridgehead atoms. The Balaban J connectivity index is 1.86. The van der Waals surface area contributed by atoms with Crippen molar-refractivity contribution in [3.63, 3.8) is 0 Å². The predicted molar refractivity (Wildman–Crippen MR) is 95.9 cm³/mol. The monoisotopic (exact) mass is 394 g/mol. The molecule has 8 heteroatoms. The lowest BCUT2D eigenvalue weighted by Gasteiger charge is -2.38. The molecule has 0 spiro atoms. The molecular formula is C19H14ClF3N2O2. The molecule has 2 aromatic carbocycles. The molecule has 3 atom stereocenters. The van der Waals surface area contributed by atoms with Crippen LogP contribution in [0.4, 0.5) is 24.5 Å². The maximum absolute atomic E-state index is 13.5. The first-order valence-electron chi connectivity index (χ1n) is 8.34. The number of nitro benzene ring substituents is 1. The fraction of sp³-hybridized carbons (Fsp3) is 0.263. The second kappa shape index (κ2) is 6.27. The summed E-state index contributed by atoms with van der Waals surface area (Å²) in [5, 5.41) is 14.4. The summed E-state index contributed by atoms with van der Waals surface area (Å²) in [6.45, 7) is 0. The highest BCUT2D eigenvalue weighted by molar-refractivity contribution is 6.33. The molecule has 0 radical (unpaired) electrons. The van der Waals surface area contributed by atoms with Gasteiger partial charge >= 0.3 is 6.18 Å². The summed E-state index contributed by atoms with van der Waals surface area (Å²) in [5.41, 5.74) is 0.442. The van der Waals surface area contributed by atoms with Crippen LogP contribution < -0.4 is 5.32 Å². The number of non-ortho nitro benzene ring substituents is 1. The highest BCUT2D eigenvalue weighted by Gasteiger charge is 2.43. The van der Waals surface area contributed by atoms with Gasteiger partial charge in [-0.1, -0.05) is 42.0 Å². The Kier molecular flexibility index (Phi) is 4.14. The second-order valence-corrected chi connectivity index (χ2v) is 7.12. The molecule has 0 saturated carbocycles. The molecule has 4 rings (SSSR count). The van der Waals surface area contributed by atoms with Crippen LogP contribution in [0.25, 0.3) is 0 Å². The third-order valence-corrected chi connectivity index (χ3v) is 5.52. The largest absolute Gasteiger partial charge is 0.416 e. The normalized spacial score (nSPS) is 23.5. The van der Waals surface area contributed by atoms with Gasteiger partial charge in [0.05, 0.1) is 27.2 Å². The summed E-state index contributed by atoms with van der Waals surface area (Å²) < 4.78 is 40.6. The molecule has 2 aliphatic rings. The smallest absolute Gasteiger partial charge is 0.376 e. The van der Waals surface area contributed by atoms with Crippen molar-refractivity contribution in [1.82, 2.24) is 0 Å². The molecule has 0 amide bonds. The minimum atomic E-state index is -4.47. The molecule has 140 valence electrons. The van der Waals surface area contributed by atoms with Crippen molar-refractivity contribution in [3.05, 3.63) is 80.4 Å². The maximum Gasteiger partial charge on any atom is 0.416 e. The summed E-state index contributed by atoms with van der Waals surface area (Å²) in [6.07, 6.45) is -0.0940. The first-order chi connectivity index (χ1) is 12.8. The average molecular weight is 395 g/mol. The molecular weight excluding hydrogens is 381 g/mol. The van der Waals surface area contributed by atoms with Gasteiger partial charge in [0.1, 0.15) is 0 Å². The van der Waals surface area contributed by atoms with E-state index in [1.807, 2.05) is 12.2 Å². The van der Waals surface area contributed by atoms with Gasteiger partial charge in [-0.3, -0.25) is 10.1 Å². The Bertz CT molecular complexity index is 958. The average Bonchev–Trinajstić information content (AvgIpc) is 3.10. The molecule has 1 aliphatic heterocycles. The SMILES string of the molecule is O=[N+]([O-])c1cc(Cl)c2c(c1)[C@@H]1C=CC[C@@H]1[C@@H](c1ccccc1C(F)(F)F)N2. The van der Waals surface area contributed by atoms with Gasteiger partial charge in [0, 0.05) is 18.1 Å². The van der Waals surface area contributed by atoms with Gasteiger partial charge in [0.15, 0.2) is 0 Å². The molecule has 0 fully saturated rings. The number of alkyl halides is 3. The van der Waals surface area contributed by atoms with Crippen molar-refractivity contribution in [3.8, 4) is 0 Å². The highest BCUT2D eigenvalue weighted by Crippen LogP contribution is 2.53. The molecule has 0 saturated heterocycles. The lowest BCUT2D eigenvalue weighted by atomic mass is 9.76. The number of benzene rings is 2. The standard InChI is InChI=1S/C19H14ClF3N2O2/c20-16-9-10(25(26)27)8-14-11-5-3-6-12(11)17(24-18(14)16)13-4-1-2-7-15(13)19(21,22)23/h1-5,7-9,11-12,17,24H,6H2/t11-,12+,17+/m1/s1. The Hall–Kier alpha value is -2.54. The Morgan fingerprint density at radius 2 is 1.93 bits per heavy atom. The van der Waals surface area contributed by atoms with Crippen molar-refractivity contribution in [2.75, 3.05) is 5.32 Å². The van der Waals surface area contributed by atoms with Crippen LogP contribution >= 0.6 is 11.6 Å². The van der Waals surface area contributed by atoms with Crippen LogP contribution in [-0.2, 0) is 6.18 Å². The molecule has 2 aromatic rings. The zero-order chi connectivity index (χ0) is 19.3. The predicted octanol–water partition coefficient (Wildman–Crippen LogP) is 6.09. The molecule has 1 heterocycles. The number of nitro groups is 1. The minimum absolute atomic E-state index is 0.131. The van der Waals surface area contributed by atoms with E-state index in [9.17, 15) is 23.3 Å². The number of fused-ring (bicyclic) bond motifs is 3. The Morgan fingerprint density at radius 1 is 1.19 bits per heavy atom. The van der Waals surface area contributed by atoms with E-state index < -0.39 is 22.7 Å². The zero-order valence-electron chi connectivity index (χ0n) is 13.8. The number of nitrogens with zero attached hydrogens (tertiary/aromatic N) is 1. The van der Waals surface area contributed by atoms with E-state index in [0.717, 1.165) is 6.07 Å². The quantitative estimate of drug-likeness (QED) is 0.380. The fourth-order valence-corrected chi connectivity index (χ4v) is 4.36. The topological polar surface area (TPSA) is 55.2 Å². The van der Waals surface area contributed by atoms with Crippen LogP contribution in [0.15, 0.2) is 48.6 Å². The summed E-state index contributed by atoms with van der Waals surface area (Å²) in [6, 6.07) is 7.56. The number of halogens is 4. The van der Waals surface area contributed by atoms with Crippen molar-refractivity contribution in [2.24, 2.45) is 5.92 Å². The number of hydrogen-bond acceptors (Lipinski definition) is 3. The molecule has 1 N–H and O–H groups in total. The van der Waals surface area contributed by atoms with Crippen LogP contribution in [0.5, 0.6) is 0 Å². The van der Waals surface area contributed by atoms with E-state index in [0.29, 0.717) is 17.7 Å². The highest BCUT2D eigenvalue weighted by atomic mass is 35.5. The maximum atomic E-state index is 13.5. The number of rotatable bonds is 2. The van der Waals surface area contributed by atoms with Gasteiger partial charge in [-0.05, 0) is 29.5 Å². The molecule has 4 nitrogen and oxygen atoms in total. The minimum Gasteiger partial charge on any atom is -0.376 e. The van der Waals surface area contributed by atoms with Gasteiger partial charge in [0.2, 0.25) is 0 Å². The molecule has 27 heavy (non-hydrogen) atoms. The third kappa shape index (κ3) is 2.96. The third-order valence-electron chi connectivity index (χ3n) is 5.22. The summed E-state index contributed by atoms with van der Waals surface area (Å²) in [7, 11) is 0. The van der Waals surface area contributed by atoms with E-state index >= 15 is 0 Å². The molecule has 0 aromatic heterocycles.